The molecule has 2 aromatic rings. The fourth-order valence-electron chi connectivity index (χ4n) is 2.34. The lowest BCUT2D eigenvalue weighted by Gasteiger charge is -2.11. The van der Waals surface area contributed by atoms with Gasteiger partial charge in [-0.25, -0.2) is 4.79 Å². The first-order valence-electron chi connectivity index (χ1n) is 7.77. The third kappa shape index (κ3) is 4.16. The Labute approximate surface area is 170 Å². The first-order valence-corrected chi connectivity index (χ1v) is 9.37. The largest absolute Gasteiger partial charge is 0.493 e. The van der Waals surface area contributed by atoms with Gasteiger partial charge in [0, 0.05) is 7.05 Å². The van der Waals surface area contributed by atoms with Crippen LogP contribution in [0.2, 0.25) is 5.02 Å². The van der Waals surface area contributed by atoms with Crippen LogP contribution in [-0.2, 0) is 4.79 Å². The summed E-state index contributed by atoms with van der Waals surface area (Å²) in [5.41, 5.74) is 0.982. The Kier molecular flexibility index (Phi) is 5.84. The van der Waals surface area contributed by atoms with Gasteiger partial charge >= 0.3 is 5.97 Å². The fraction of sp³-hybridized carbons (Fsp3) is 0.105. The number of thioether (sulfide) groups is 1. The van der Waals surface area contributed by atoms with Crippen LogP contribution >= 0.6 is 35.6 Å². The predicted octanol–water partition coefficient (Wildman–Crippen LogP) is 4.40. The number of hydrogen-bond donors (Lipinski definition) is 0. The molecule has 1 saturated heterocycles. The van der Waals surface area contributed by atoms with E-state index in [4.69, 9.17) is 33.3 Å². The van der Waals surface area contributed by atoms with Crippen LogP contribution in [0.4, 0.5) is 0 Å². The van der Waals surface area contributed by atoms with Gasteiger partial charge < -0.3 is 9.47 Å². The summed E-state index contributed by atoms with van der Waals surface area (Å²) < 4.78 is 11.2. The number of amides is 1. The highest BCUT2D eigenvalue weighted by atomic mass is 35.5. The number of ether oxygens (including phenoxy) is 2. The molecule has 0 aliphatic carbocycles. The number of nitrogens with zero attached hydrogens (tertiary/aromatic N) is 1. The van der Waals surface area contributed by atoms with E-state index in [0.717, 1.165) is 5.56 Å². The second kappa shape index (κ2) is 8.12. The van der Waals surface area contributed by atoms with Crippen molar-refractivity contribution in [2.45, 2.75) is 0 Å². The van der Waals surface area contributed by atoms with Crippen LogP contribution in [0, 0.1) is 0 Å². The van der Waals surface area contributed by atoms with Crippen LogP contribution in [0.15, 0.2) is 47.4 Å². The molecule has 27 heavy (non-hydrogen) atoms. The molecule has 0 bridgehead atoms. The smallest absolute Gasteiger partial charge is 0.345 e. The Morgan fingerprint density at radius 3 is 2.59 bits per heavy atom. The topological polar surface area (TPSA) is 55.8 Å². The number of carbonyl (C=O) groups is 2. The molecule has 0 atom stereocenters. The SMILES string of the molecule is COc1cc(/C=C2/SC(=S)N(C)C2=O)ccc1OC(=O)c1ccccc1Cl. The lowest BCUT2D eigenvalue weighted by molar-refractivity contribution is -0.121. The lowest BCUT2D eigenvalue weighted by Crippen LogP contribution is -2.22. The molecule has 0 unspecified atom stereocenters. The number of benzene rings is 2. The van der Waals surface area contributed by atoms with Crippen LogP contribution in [0.5, 0.6) is 11.5 Å². The first kappa shape index (κ1) is 19.4. The van der Waals surface area contributed by atoms with Crippen molar-refractivity contribution in [1.82, 2.24) is 4.90 Å². The molecule has 0 radical (unpaired) electrons. The molecule has 0 N–H and O–H groups in total. The van der Waals surface area contributed by atoms with E-state index in [1.165, 1.54) is 23.8 Å². The number of carbonyl (C=O) groups excluding carboxylic acids is 2. The summed E-state index contributed by atoms with van der Waals surface area (Å²) >= 11 is 12.4. The minimum atomic E-state index is -0.585. The maximum absolute atomic E-state index is 12.3. The number of halogens is 1. The van der Waals surface area contributed by atoms with E-state index in [-0.39, 0.29) is 17.2 Å². The van der Waals surface area contributed by atoms with E-state index in [1.807, 2.05) is 0 Å². The minimum Gasteiger partial charge on any atom is -0.493 e. The number of methoxy groups -OCH3 is 1. The van der Waals surface area contributed by atoms with Gasteiger partial charge in [0.15, 0.2) is 11.5 Å². The zero-order chi connectivity index (χ0) is 19.6. The molecule has 1 aliphatic rings. The normalized spacial score (nSPS) is 15.4. The Hall–Kier alpha value is -2.35. The highest BCUT2D eigenvalue weighted by Crippen LogP contribution is 2.34. The average Bonchev–Trinajstić information content (AvgIpc) is 2.90. The molecule has 138 valence electrons. The molecule has 0 aromatic heterocycles. The molecule has 1 amide bonds. The first-order chi connectivity index (χ1) is 12.9. The van der Waals surface area contributed by atoms with Gasteiger partial charge in [-0.1, -0.05) is 53.8 Å². The third-order valence-electron chi connectivity index (χ3n) is 3.77. The molecule has 1 aliphatic heterocycles. The van der Waals surface area contributed by atoms with Crippen LogP contribution < -0.4 is 9.47 Å². The number of esters is 1. The van der Waals surface area contributed by atoms with Crippen LogP contribution in [-0.4, -0.2) is 35.3 Å². The van der Waals surface area contributed by atoms with Crippen molar-refractivity contribution in [3.05, 3.63) is 63.5 Å². The number of hydrogen-bond acceptors (Lipinski definition) is 6. The quantitative estimate of drug-likeness (QED) is 0.317. The molecule has 1 fully saturated rings. The van der Waals surface area contributed by atoms with E-state index in [2.05, 4.69) is 0 Å². The summed E-state index contributed by atoms with van der Waals surface area (Å²) in [6.45, 7) is 0. The van der Waals surface area contributed by atoms with Crippen molar-refractivity contribution in [3.63, 3.8) is 0 Å². The summed E-state index contributed by atoms with van der Waals surface area (Å²) in [5.74, 6) is -0.129. The monoisotopic (exact) mass is 419 g/mol. The Morgan fingerprint density at radius 2 is 1.96 bits per heavy atom. The predicted molar refractivity (Wildman–Crippen MR) is 110 cm³/mol. The summed E-state index contributed by atoms with van der Waals surface area (Å²) in [6, 6.07) is 11.6. The van der Waals surface area contributed by atoms with Gasteiger partial charge in [0.1, 0.15) is 4.32 Å². The van der Waals surface area contributed by atoms with Crippen LogP contribution in [0.1, 0.15) is 15.9 Å². The van der Waals surface area contributed by atoms with Crippen molar-refractivity contribution in [1.29, 1.82) is 0 Å². The Morgan fingerprint density at radius 1 is 1.22 bits per heavy atom. The summed E-state index contributed by atoms with van der Waals surface area (Å²) in [6.07, 6.45) is 1.71. The van der Waals surface area contributed by atoms with E-state index >= 15 is 0 Å². The lowest BCUT2D eigenvalue weighted by atomic mass is 10.1. The number of thiocarbonyl (C=S) groups is 1. The van der Waals surface area contributed by atoms with E-state index in [9.17, 15) is 9.59 Å². The van der Waals surface area contributed by atoms with Gasteiger partial charge in [-0.15, -0.1) is 0 Å². The summed E-state index contributed by atoms with van der Waals surface area (Å²) in [5, 5.41) is 0.305. The van der Waals surface area contributed by atoms with Gasteiger partial charge in [0.05, 0.1) is 22.6 Å². The van der Waals surface area contributed by atoms with Crippen molar-refractivity contribution in [3.8, 4) is 11.5 Å². The zero-order valence-corrected chi connectivity index (χ0v) is 16.8. The second-order valence-electron chi connectivity index (χ2n) is 5.52. The maximum Gasteiger partial charge on any atom is 0.345 e. The van der Waals surface area contributed by atoms with Gasteiger partial charge in [-0.05, 0) is 35.9 Å². The molecule has 5 nitrogen and oxygen atoms in total. The third-order valence-corrected chi connectivity index (χ3v) is 5.58. The highest BCUT2D eigenvalue weighted by Gasteiger charge is 2.28. The van der Waals surface area contributed by atoms with E-state index in [0.29, 0.717) is 20.0 Å². The molecule has 1 heterocycles. The van der Waals surface area contributed by atoms with Gasteiger partial charge in [-0.2, -0.15) is 0 Å². The summed E-state index contributed by atoms with van der Waals surface area (Å²) in [4.78, 5) is 26.4. The van der Waals surface area contributed by atoms with Crippen molar-refractivity contribution in [2.75, 3.05) is 14.2 Å². The maximum atomic E-state index is 12.3. The van der Waals surface area contributed by atoms with Crippen LogP contribution in [0.25, 0.3) is 6.08 Å². The van der Waals surface area contributed by atoms with Crippen molar-refractivity contribution >= 4 is 57.9 Å². The van der Waals surface area contributed by atoms with E-state index < -0.39 is 5.97 Å². The Bertz CT molecular complexity index is 974. The summed E-state index contributed by atoms with van der Waals surface area (Å²) in [7, 11) is 3.10. The van der Waals surface area contributed by atoms with Crippen LogP contribution in [0.3, 0.4) is 0 Å². The fourth-order valence-corrected chi connectivity index (χ4v) is 3.73. The molecule has 0 spiro atoms. The second-order valence-corrected chi connectivity index (χ2v) is 7.60. The average molecular weight is 420 g/mol. The molecule has 3 rings (SSSR count). The number of likely N-dealkylation sites (N-methyl/N-ethyl adjacent to an activating group) is 1. The Balaban J connectivity index is 1.85. The minimum absolute atomic E-state index is 0.154. The molecular formula is C19H14ClNO4S2. The van der Waals surface area contributed by atoms with E-state index in [1.54, 1.807) is 55.6 Å². The zero-order valence-electron chi connectivity index (χ0n) is 14.4. The van der Waals surface area contributed by atoms with Crippen molar-refractivity contribution in [2.24, 2.45) is 0 Å². The van der Waals surface area contributed by atoms with Gasteiger partial charge in [-0.3, -0.25) is 9.69 Å². The number of rotatable bonds is 4. The molecule has 8 heteroatoms. The standard InChI is InChI=1S/C19H14ClNO4S2/c1-21-17(22)16(27-19(21)26)10-11-7-8-14(15(9-11)24-2)25-18(23)12-5-3-4-6-13(12)20/h3-10H,1-2H3/b16-10+. The molecule has 0 saturated carbocycles. The van der Waals surface area contributed by atoms with Crippen molar-refractivity contribution < 1.29 is 19.1 Å². The van der Waals surface area contributed by atoms with Gasteiger partial charge in [0.25, 0.3) is 5.91 Å². The molecular weight excluding hydrogens is 406 g/mol. The highest BCUT2D eigenvalue weighted by molar-refractivity contribution is 8.26. The molecule has 2 aromatic carbocycles. The van der Waals surface area contributed by atoms with Gasteiger partial charge in [0.2, 0.25) is 0 Å².